The van der Waals surface area contributed by atoms with E-state index in [-0.39, 0.29) is 30.5 Å². The second-order valence-corrected chi connectivity index (χ2v) is 13.3. The Morgan fingerprint density at radius 3 is 2.21 bits per heavy atom. The van der Waals surface area contributed by atoms with E-state index in [1.165, 1.54) is 12.1 Å². The fraction of sp³-hybridized carbons (Fsp3) is 0.458. The van der Waals surface area contributed by atoms with Crippen molar-refractivity contribution in [2.45, 2.75) is 63.7 Å². The van der Waals surface area contributed by atoms with Crippen LogP contribution in [0.5, 0.6) is 0 Å². The maximum absolute atomic E-state index is 14.0. The molecule has 0 radical (unpaired) electrons. The van der Waals surface area contributed by atoms with Gasteiger partial charge in [0.25, 0.3) is 0 Å². The van der Waals surface area contributed by atoms with Crippen molar-refractivity contribution in [3.05, 3.63) is 65.7 Å². The molecule has 2 rings (SSSR count). The second-order valence-electron chi connectivity index (χ2n) is 8.84. The Kier molecular flexibility index (Phi) is 9.44. The van der Waals surface area contributed by atoms with Crippen molar-refractivity contribution >= 4 is 23.4 Å². The minimum atomic E-state index is -3.98. The molecule has 2 atom stereocenters. The molecule has 182 valence electrons. The lowest BCUT2D eigenvalue weighted by molar-refractivity contribution is -0.154. The number of nitrogens with one attached hydrogen (secondary N) is 1. The Morgan fingerprint density at radius 1 is 1.06 bits per heavy atom. The quantitative estimate of drug-likeness (QED) is 0.352. The molecule has 0 amide bonds. The van der Waals surface area contributed by atoms with Gasteiger partial charge in [0.05, 0.1) is 17.9 Å². The Labute approximate surface area is 197 Å². The van der Waals surface area contributed by atoms with Crippen LogP contribution in [0.15, 0.2) is 59.5 Å². The third-order valence-electron chi connectivity index (χ3n) is 4.76. The van der Waals surface area contributed by atoms with E-state index >= 15 is 0 Å². The maximum Gasteiger partial charge on any atom is 0.306 e. The molecule has 0 saturated heterocycles. The van der Waals surface area contributed by atoms with E-state index in [2.05, 4.69) is 4.72 Å². The van der Waals surface area contributed by atoms with Crippen LogP contribution in [0.4, 0.5) is 0 Å². The monoisotopic (exact) mass is 495 g/mol. The molecule has 1 unspecified atom stereocenters. The zero-order valence-corrected chi connectivity index (χ0v) is 21.6. The number of carbonyl (C=O) groups excluding carboxylic acids is 1. The SMILES string of the molecule is CCOP(=O)(CCC(=O)OC(C)(C)C)[C@H](Cc1ccccc1)NS(=O)(=O)c1ccc(C)cc1. The summed E-state index contributed by atoms with van der Waals surface area (Å²) in [6.07, 6.45) is -0.132. The molecule has 2 aromatic carbocycles. The summed E-state index contributed by atoms with van der Waals surface area (Å²) in [5, 5.41) is 0. The molecule has 1 N–H and O–H groups in total. The average molecular weight is 496 g/mol. The highest BCUT2D eigenvalue weighted by Crippen LogP contribution is 2.53. The van der Waals surface area contributed by atoms with E-state index in [4.69, 9.17) is 9.26 Å². The number of ether oxygens (including phenoxy) is 1. The summed E-state index contributed by atoms with van der Waals surface area (Å²) in [5.74, 6) is -1.56. The van der Waals surface area contributed by atoms with Gasteiger partial charge in [0.15, 0.2) is 0 Å². The summed E-state index contributed by atoms with van der Waals surface area (Å²) in [5.41, 5.74) is 1.04. The summed E-state index contributed by atoms with van der Waals surface area (Å²) < 4.78 is 53.9. The molecular formula is C24H34NO6PS. The molecule has 0 aromatic heterocycles. The summed E-state index contributed by atoms with van der Waals surface area (Å²) >= 11 is 0. The third-order valence-corrected chi connectivity index (χ3v) is 9.23. The molecule has 0 fully saturated rings. The predicted octanol–water partition coefficient (Wildman–Crippen LogP) is 4.89. The highest BCUT2D eigenvalue weighted by molar-refractivity contribution is 7.90. The second kappa shape index (κ2) is 11.4. The fourth-order valence-electron chi connectivity index (χ4n) is 3.23. The van der Waals surface area contributed by atoms with E-state index in [9.17, 15) is 17.8 Å². The van der Waals surface area contributed by atoms with Gasteiger partial charge in [-0.25, -0.2) is 8.42 Å². The largest absolute Gasteiger partial charge is 0.460 e. The molecule has 0 aliphatic rings. The minimum Gasteiger partial charge on any atom is -0.460 e. The van der Waals surface area contributed by atoms with Gasteiger partial charge >= 0.3 is 5.97 Å². The van der Waals surface area contributed by atoms with Crippen LogP contribution in [-0.2, 0) is 35.1 Å². The number of aryl methyl sites for hydroxylation is 1. The highest BCUT2D eigenvalue weighted by Gasteiger charge is 2.38. The van der Waals surface area contributed by atoms with Crippen molar-refractivity contribution in [1.82, 2.24) is 4.72 Å². The lowest BCUT2D eigenvalue weighted by Gasteiger charge is -2.28. The molecule has 0 bridgehead atoms. The third kappa shape index (κ3) is 8.70. The highest BCUT2D eigenvalue weighted by atomic mass is 32.2. The van der Waals surface area contributed by atoms with Gasteiger partial charge in [0.1, 0.15) is 11.4 Å². The topological polar surface area (TPSA) is 98.8 Å². The van der Waals surface area contributed by atoms with Gasteiger partial charge < -0.3 is 9.26 Å². The van der Waals surface area contributed by atoms with Gasteiger partial charge in [-0.1, -0.05) is 48.0 Å². The van der Waals surface area contributed by atoms with E-state index < -0.39 is 34.7 Å². The van der Waals surface area contributed by atoms with E-state index in [1.54, 1.807) is 39.8 Å². The van der Waals surface area contributed by atoms with E-state index in [0.717, 1.165) is 11.1 Å². The zero-order valence-electron chi connectivity index (χ0n) is 19.9. The number of hydrogen-bond donors (Lipinski definition) is 1. The first-order valence-electron chi connectivity index (χ1n) is 10.9. The average Bonchev–Trinajstić information content (AvgIpc) is 2.72. The van der Waals surface area contributed by atoms with Crippen molar-refractivity contribution in [1.29, 1.82) is 0 Å². The van der Waals surface area contributed by atoms with Crippen molar-refractivity contribution in [3.63, 3.8) is 0 Å². The van der Waals surface area contributed by atoms with Gasteiger partial charge in [-0.3, -0.25) is 9.36 Å². The van der Waals surface area contributed by atoms with Crippen molar-refractivity contribution in [2.24, 2.45) is 0 Å². The Morgan fingerprint density at radius 2 is 1.67 bits per heavy atom. The standard InChI is InChI=1S/C24H34NO6PS/c1-6-30-32(27,17-16-23(26)31-24(3,4)5)22(18-20-10-8-7-9-11-20)25-33(28,29)21-14-12-19(2)13-15-21/h7-15,22,25H,6,16-18H2,1-5H3/t22-,32?/m1/s1. The van der Waals surface area contributed by atoms with Gasteiger partial charge in [-0.05, 0) is 58.7 Å². The summed E-state index contributed by atoms with van der Waals surface area (Å²) in [6, 6.07) is 15.6. The molecule has 33 heavy (non-hydrogen) atoms. The number of rotatable bonds is 11. The summed E-state index contributed by atoms with van der Waals surface area (Å²) in [6.45, 7) is 8.92. The van der Waals surface area contributed by atoms with Crippen LogP contribution in [-0.4, -0.2) is 38.5 Å². The minimum absolute atomic E-state index is 0.0707. The lowest BCUT2D eigenvalue weighted by atomic mass is 10.1. The van der Waals surface area contributed by atoms with Crippen LogP contribution in [0, 0.1) is 6.92 Å². The molecule has 9 heteroatoms. The molecule has 0 spiro atoms. The Hall–Kier alpha value is -1.99. The van der Waals surface area contributed by atoms with Gasteiger partial charge in [-0.15, -0.1) is 0 Å². The molecule has 0 saturated carbocycles. The number of sulfonamides is 1. The maximum atomic E-state index is 14.0. The molecule has 0 heterocycles. The molecular weight excluding hydrogens is 461 g/mol. The van der Waals surface area contributed by atoms with Crippen LogP contribution < -0.4 is 4.72 Å². The van der Waals surface area contributed by atoms with Crippen molar-refractivity contribution in [3.8, 4) is 0 Å². The van der Waals surface area contributed by atoms with Crippen LogP contribution >= 0.6 is 7.37 Å². The number of carbonyl (C=O) groups is 1. The number of benzene rings is 2. The fourth-order valence-corrected chi connectivity index (χ4v) is 7.40. The summed E-state index contributed by atoms with van der Waals surface area (Å²) in [4.78, 5) is 12.4. The van der Waals surface area contributed by atoms with Gasteiger partial charge in [-0.2, -0.15) is 4.72 Å². The van der Waals surface area contributed by atoms with Gasteiger partial charge in [0.2, 0.25) is 17.4 Å². The van der Waals surface area contributed by atoms with Crippen LogP contribution in [0.3, 0.4) is 0 Å². The Balaban J connectivity index is 2.36. The molecule has 0 aliphatic heterocycles. The molecule has 2 aromatic rings. The van der Waals surface area contributed by atoms with Crippen molar-refractivity contribution in [2.75, 3.05) is 12.8 Å². The Bertz CT molecular complexity index is 1060. The van der Waals surface area contributed by atoms with E-state index in [0.29, 0.717) is 0 Å². The molecule has 0 aliphatic carbocycles. The zero-order chi connectivity index (χ0) is 24.7. The first-order chi connectivity index (χ1) is 15.3. The first-order valence-corrected chi connectivity index (χ1v) is 14.3. The van der Waals surface area contributed by atoms with E-state index in [1.807, 2.05) is 37.3 Å². The van der Waals surface area contributed by atoms with Crippen LogP contribution in [0.25, 0.3) is 0 Å². The number of hydrogen-bond acceptors (Lipinski definition) is 6. The van der Waals surface area contributed by atoms with Crippen LogP contribution in [0.2, 0.25) is 0 Å². The predicted molar refractivity (Wildman–Crippen MR) is 130 cm³/mol. The normalized spacial score (nSPS) is 14.9. The van der Waals surface area contributed by atoms with Gasteiger partial charge in [0, 0.05) is 6.16 Å². The first kappa shape index (κ1) is 27.3. The lowest BCUT2D eigenvalue weighted by Crippen LogP contribution is -2.38. The van der Waals surface area contributed by atoms with Crippen LogP contribution in [0.1, 0.15) is 45.2 Å². The summed E-state index contributed by atoms with van der Waals surface area (Å²) in [7, 11) is -7.62. The molecule has 7 nitrogen and oxygen atoms in total. The van der Waals surface area contributed by atoms with Crippen molar-refractivity contribution < 1.29 is 27.0 Å². The smallest absolute Gasteiger partial charge is 0.306 e. The number of esters is 1.